The molecule has 0 unspecified atom stereocenters. The van der Waals surface area contributed by atoms with Gasteiger partial charge >= 0.3 is 0 Å². The Morgan fingerprint density at radius 1 is 0.909 bits per heavy atom. The highest BCUT2D eigenvalue weighted by molar-refractivity contribution is 6.21. The second-order valence-corrected chi connectivity index (χ2v) is 5.37. The minimum Gasteiger partial charge on any atom is -0.353 e. The fourth-order valence-electron chi connectivity index (χ4n) is 2.80. The lowest BCUT2D eigenvalue weighted by molar-refractivity contribution is 0.0654. The molecule has 4 heteroatoms. The summed E-state index contributed by atoms with van der Waals surface area (Å²) in [5.74, 6) is -0.430. The fourth-order valence-corrected chi connectivity index (χ4v) is 2.80. The fraction of sp³-hybridized carbons (Fsp3) is 0.222. The molecule has 22 heavy (non-hydrogen) atoms. The van der Waals surface area contributed by atoms with Gasteiger partial charge in [0.25, 0.3) is 11.8 Å². The van der Waals surface area contributed by atoms with Crippen LogP contribution in [0, 0.1) is 6.92 Å². The molecule has 2 amide bonds. The summed E-state index contributed by atoms with van der Waals surface area (Å²) in [6.07, 6.45) is 0. The quantitative estimate of drug-likeness (QED) is 0.814. The van der Waals surface area contributed by atoms with E-state index in [1.165, 1.54) is 4.90 Å². The topological polar surface area (TPSA) is 40.6 Å². The van der Waals surface area contributed by atoms with E-state index < -0.39 is 0 Å². The second kappa shape index (κ2) is 5.64. The summed E-state index contributed by atoms with van der Waals surface area (Å²) in [4.78, 5) is 28.3. The van der Waals surface area contributed by atoms with E-state index in [9.17, 15) is 9.59 Å². The number of carbonyl (C=O) groups is 2. The molecule has 0 saturated carbocycles. The SMILES string of the molecule is CCN(CN1C(=O)c2ccccc2C1=O)c1ccccc1C. The number of fused-ring (bicyclic) bond motifs is 1. The van der Waals surface area contributed by atoms with Gasteiger partial charge in [-0.3, -0.25) is 14.5 Å². The van der Waals surface area contributed by atoms with Crippen LogP contribution >= 0.6 is 0 Å². The van der Waals surface area contributed by atoms with Crippen LogP contribution < -0.4 is 4.90 Å². The minimum absolute atomic E-state index is 0.215. The smallest absolute Gasteiger partial charge is 0.263 e. The average Bonchev–Trinajstić information content (AvgIpc) is 2.78. The first-order valence-electron chi connectivity index (χ1n) is 7.39. The predicted molar refractivity (Wildman–Crippen MR) is 86.0 cm³/mol. The van der Waals surface area contributed by atoms with Crippen molar-refractivity contribution >= 4 is 17.5 Å². The summed E-state index contributed by atoms with van der Waals surface area (Å²) >= 11 is 0. The molecule has 0 aliphatic carbocycles. The Bertz CT molecular complexity index is 704. The van der Waals surface area contributed by atoms with Crippen LogP contribution in [0.5, 0.6) is 0 Å². The van der Waals surface area contributed by atoms with Crippen molar-refractivity contribution in [3.05, 3.63) is 65.2 Å². The highest BCUT2D eigenvalue weighted by atomic mass is 16.2. The zero-order valence-corrected chi connectivity index (χ0v) is 12.7. The van der Waals surface area contributed by atoms with Gasteiger partial charge in [0, 0.05) is 12.2 Å². The molecule has 1 aliphatic heterocycles. The zero-order chi connectivity index (χ0) is 15.7. The number of imide groups is 1. The van der Waals surface area contributed by atoms with Crippen LogP contribution in [0.25, 0.3) is 0 Å². The van der Waals surface area contributed by atoms with Crippen molar-refractivity contribution in [1.82, 2.24) is 4.90 Å². The Morgan fingerprint density at radius 2 is 1.45 bits per heavy atom. The molecule has 0 spiro atoms. The standard InChI is InChI=1S/C18H18N2O2/c1-3-19(16-11-7-4-8-13(16)2)12-20-17(21)14-9-5-6-10-15(14)18(20)22/h4-11H,3,12H2,1-2H3. The highest BCUT2D eigenvalue weighted by Gasteiger charge is 2.35. The molecule has 2 aromatic carbocycles. The van der Waals surface area contributed by atoms with E-state index >= 15 is 0 Å². The number of para-hydroxylation sites is 1. The molecule has 1 aliphatic rings. The monoisotopic (exact) mass is 294 g/mol. The van der Waals surface area contributed by atoms with E-state index in [2.05, 4.69) is 0 Å². The Morgan fingerprint density at radius 3 is 2.00 bits per heavy atom. The third-order valence-corrected chi connectivity index (χ3v) is 4.03. The average molecular weight is 294 g/mol. The van der Waals surface area contributed by atoms with Gasteiger partial charge in [-0.1, -0.05) is 30.3 Å². The first-order valence-corrected chi connectivity index (χ1v) is 7.39. The minimum atomic E-state index is -0.215. The third-order valence-electron chi connectivity index (χ3n) is 4.03. The van der Waals surface area contributed by atoms with Crippen LogP contribution in [0.2, 0.25) is 0 Å². The van der Waals surface area contributed by atoms with Gasteiger partial charge in [-0.15, -0.1) is 0 Å². The number of hydrogen-bond donors (Lipinski definition) is 0. The van der Waals surface area contributed by atoms with Gasteiger partial charge in [-0.25, -0.2) is 0 Å². The number of benzene rings is 2. The van der Waals surface area contributed by atoms with Gasteiger partial charge in [-0.05, 0) is 37.6 Å². The van der Waals surface area contributed by atoms with Crippen molar-refractivity contribution in [2.24, 2.45) is 0 Å². The Balaban J connectivity index is 1.89. The Hall–Kier alpha value is -2.62. The lowest BCUT2D eigenvalue weighted by Gasteiger charge is -2.28. The van der Waals surface area contributed by atoms with E-state index in [-0.39, 0.29) is 18.5 Å². The Labute approximate surface area is 130 Å². The summed E-state index contributed by atoms with van der Waals surface area (Å²) in [5.41, 5.74) is 3.16. The van der Waals surface area contributed by atoms with Crippen molar-refractivity contribution in [2.75, 3.05) is 18.1 Å². The maximum Gasteiger partial charge on any atom is 0.263 e. The van der Waals surface area contributed by atoms with E-state index in [1.54, 1.807) is 24.3 Å². The van der Waals surface area contributed by atoms with Crippen LogP contribution in [0.15, 0.2) is 48.5 Å². The maximum absolute atomic E-state index is 12.5. The molecule has 0 bridgehead atoms. The van der Waals surface area contributed by atoms with E-state index in [0.717, 1.165) is 17.8 Å². The van der Waals surface area contributed by atoms with Crippen molar-refractivity contribution in [3.63, 3.8) is 0 Å². The molecule has 0 radical (unpaired) electrons. The number of hydrogen-bond acceptors (Lipinski definition) is 3. The zero-order valence-electron chi connectivity index (χ0n) is 12.7. The lowest BCUT2D eigenvalue weighted by Crippen LogP contribution is -2.41. The molecule has 2 aromatic rings. The molecular formula is C18H18N2O2. The maximum atomic E-state index is 12.5. The van der Waals surface area contributed by atoms with Crippen LogP contribution in [-0.2, 0) is 0 Å². The number of nitrogens with zero attached hydrogens (tertiary/aromatic N) is 2. The van der Waals surface area contributed by atoms with E-state index in [1.807, 2.05) is 43.0 Å². The summed E-state index contributed by atoms with van der Waals surface area (Å²) < 4.78 is 0. The molecule has 0 N–H and O–H groups in total. The van der Waals surface area contributed by atoms with E-state index in [4.69, 9.17) is 0 Å². The predicted octanol–water partition coefficient (Wildman–Crippen LogP) is 3.08. The number of aryl methyl sites for hydroxylation is 1. The molecular weight excluding hydrogens is 276 g/mol. The van der Waals surface area contributed by atoms with Crippen molar-refractivity contribution in [2.45, 2.75) is 13.8 Å². The number of carbonyl (C=O) groups excluding carboxylic acids is 2. The largest absolute Gasteiger partial charge is 0.353 e. The normalized spacial score (nSPS) is 13.5. The molecule has 3 rings (SSSR count). The number of rotatable bonds is 4. The highest BCUT2D eigenvalue weighted by Crippen LogP contribution is 2.25. The van der Waals surface area contributed by atoms with Crippen molar-refractivity contribution < 1.29 is 9.59 Å². The molecule has 1 heterocycles. The number of amides is 2. The van der Waals surface area contributed by atoms with Crippen molar-refractivity contribution in [1.29, 1.82) is 0 Å². The number of anilines is 1. The van der Waals surface area contributed by atoms with Gasteiger partial charge in [0.1, 0.15) is 6.67 Å². The summed E-state index contributed by atoms with van der Waals surface area (Å²) in [7, 11) is 0. The molecule has 0 fully saturated rings. The van der Waals surface area contributed by atoms with Crippen LogP contribution in [0.4, 0.5) is 5.69 Å². The van der Waals surface area contributed by atoms with Gasteiger partial charge in [0.05, 0.1) is 11.1 Å². The third kappa shape index (κ3) is 2.26. The molecule has 0 saturated heterocycles. The molecule has 4 nitrogen and oxygen atoms in total. The van der Waals surface area contributed by atoms with Gasteiger partial charge in [0.15, 0.2) is 0 Å². The van der Waals surface area contributed by atoms with E-state index in [0.29, 0.717) is 11.1 Å². The summed E-state index contributed by atoms with van der Waals surface area (Å²) in [6, 6.07) is 15.0. The Kier molecular flexibility index (Phi) is 3.67. The van der Waals surface area contributed by atoms with Crippen LogP contribution in [0.3, 0.4) is 0 Å². The van der Waals surface area contributed by atoms with Crippen LogP contribution in [0.1, 0.15) is 33.2 Å². The molecule has 0 aromatic heterocycles. The first-order chi connectivity index (χ1) is 10.6. The second-order valence-electron chi connectivity index (χ2n) is 5.37. The molecule has 112 valence electrons. The van der Waals surface area contributed by atoms with Crippen LogP contribution in [-0.4, -0.2) is 29.9 Å². The van der Waals surface area contributed by atoms with Gasteiger partial charge < -0.3 is 4.90 Å². The first kappa shape index (κ1) is 14.3. The summed E-state index contributed by atoms with van der Waals surface area (Å²) in [6.45, 7) is 5.04. The summed E-state index contributed by atoms with van der Waals surface area (Å²) in [5, 5.41) is 0. The van der Waals surface area contributed by atoms with Gasteiger partial charge in [0.2, 0.25) is 0 Å². The van der Waals surface area contributed by atoms with Gasteiger partial charge in [-0.2, -0.15) is 0 Å². The molecule has 0 atom stereocenters. The lowest BCUT2D eigenvalue weighted by atomic mass is 10.1. The van der Waals surface area contributed by atoms with Crippen molar-refractivity contribution in [3.8, 4) is 0 Å².